The van der Waals surface area contributed by atoms with Gasteiger partial charge in [0.1, 0.15) is 0 Å². The van der Waals surface area contributed by atoms with Crippen LogP contribution in [0.15, 0.2) is 40.3 Å². The lowest BCUT2D eigenvalue weighted by Crippen LogP contribution is -2.51. The summed E-state index contributed by atoms with van der Waals surface area (Å²) < 4.78 is 1.52. The second kappa shape index (κ2) is 9.67. The molecule has 29 heavy (non-hydrogen) atoms. The number of aryl methyl sites for hydroxylation is 1. The van der Waals surface area contributed by atoms with Crippen LogP contribution in [0.25, 0.3) is 0 Å². The summed E-state index contributed by atoms with van der Waals surface area (Å²) in [5, 5.41) is 1.08. The molecule has 0 spiro atoms. The Morgan fingerprint density at radius 1 is 1.21 bits per heavy atom. The number of para-hydroxylation sites is 1. The van der Waals surface area contributed by atoms with Crippen LogP contribution < -0.4 is 10.5 Å². The predicted octanol–water partition coefficient (Wildman–Crippen LogP) is 3.22. The van der Waals surface area contributed by atoms with Crippen LogP contribution in [0, 0.1) is 0 Å². The van der Waals surface area contributed by atoms with E-state index in [4.69, 9.17) is 11.6 Å². The molecule has 2 heterocycles. The van der Waals surface area contributed by atoms with Crippen LogP contribution >= 0.6 is 23.4 Å². The number of halogens is 1. The molecule has 1 aromatic carbocycles. The van der Waals surface area contributed by atoms with Crippen LogP contribution in [0.3, 0.4) is 0 Å². The standard InChI is InChI=1S/C21H27ClN4O2S/c1-4-15-14-19(27)24(3)21(23-15)29-18(5-2)20(28)26-12-10-25(11-13-26)17-9-7-6-8-16(17)22/h6-9,14,18H,4-5,10-13H2,1-3H3. The van der Waals surface area contributed by atoms with E-state index in [-0.39, 0.29) is 16.7 Å². The summed E-state index contributed by atoms with van der Waals surface area (Å²) >= 11 is 7.70. The van der Waals surface area contributed by atoms with Crippen molar-refractivity contribution in [2.24, 2.45) is 7.05 Å². The van der Waals surface area contributed by atoms with Crippen molar-refractivity contribution in [2.75, 3.05) is 31.1 Å². The summed E-state index contributed by atoms with van der Waals surface area (Å²) in [6, 6.07) is 9.35. The van der Waals surface area contributed by atoms with E-state index in [9.17, 15) is 9.59 Å². The molecule has 156 valence electrons. The largest absolute Gasteiger partial charge is 0.367 e. The van der Waals surface area contributed by atoms with Crippen molar-refractivity contribution in [3.8, 4) is 0 Å². The van der Waals surface area contributed by atoms with Crippen LogP contribution in [0.2, 0.25) is 5.02 Å². The SMILES string of the molecule is CCc1cc(=O)n(C)c(SC(CC)C(=O)N2CCN(c3ccccc3Cl)CC2)n1. The van der Waals surface area contributed by atoms with Gasteiger partial charge in [0.25, 0.3) is 5.56 Å². The average Bonchev–Trinajstić information content (AvgIpc) is 2.74. The highest BCUT2D eigenvalue weighted by atomic mass is 35.5. The lowest BCUT2D eigenvalue weighted by molar-refractivity contribution is -0.130. The molecule has 0 bridgehead atoms. The number of carbonyl (C=O) groups is 1. The van der Waals surface area contributed by atoms with Crippen LogP contribution in [0.5, 0.6) is 0 Å². The number of rotatable bonds is 6. The lowest BCUT2D eigenvalue weighted by Gasteiger charge is -2.37. The first-order valence-corrected chi connectivity index (χ1v) is 11.2. The maximum atomic E-state index is 13.1. The van der Waals surface area contributed by atoms with Gasteiger partial charge in [0, 0.05) is 45.0 Å². The summed E-state index contributed by atoms with van der Waals surface area (Å²) in [5.41, 5.74) is 1.68. The number of hydrogen-bond acceptors (Lipinski definition) is 5. The van der Waals surface area contributed by atoms with Crippen molar-refractivity contribution in [1.82, 2.24) is 14.5 Å². The fourth-order valence-corrected chi connectivity index (χ4v) is 4.71. The van der Waals surface area contributed by atoms with E-state index >= 15 is 0 Å². The normalized spacial score (nSPS) is 15.4. The maximum absolute atomic E-state index is 13.1. The van der Waals surface area contributed by atoms with Gasteiger partial charge in [-0.15, -0.1) is 0 Å². The number of thioether (sulfide) groups is 1. The van der Waals surface area contributed by atoms with Gasteiger partial charge in [0.05, 0.1) is 16.0 Å². The van der Waals surface area contributed by atoms with Gasteiger partial charge in [-0.2, -0.15) is 0 Å². The summed E-state index contributed by atoms with van der Waals surface area (Å²) in [5.74, 6) is 0.104. The van der Waals surface area contributed by atoms with E-state index in [0.29, 0.717) is 31.1 Å². The lowest BCUT2D eigenvalue weighted by atomic mass is 10.2. The fourth-order valence-electron chi connectivity index (χ4n) is 3.37. The van der Waals surface area contributed by atoms with Gasteiger partial charge < -0.3 is 9.80 Å². The first kappa shape index (κ1) is 21.7. The molecule has 1 unspecified atom stereocenters. The topological polar surface area (TPSA) is 58.4 Å². The maximum Gasteiger partial charge on any atom is 0.254 e. The van der Waals surface area contributed by atoms with E-state index in [2.05, 4.69) is 9.88 Å². The molecular formula is C21H27ClN4O2S. The van der Waals surface area contributed by atoms with E-state index in [0.717, 1.165) is 29.5 Å². The molecule has 0 radical (unpaired) electrons. The minimum absolute atomic E-state index is 0.0880. The molecule has 1 aromatic heterocycles. The van der Waals surface area contributed by atoms with Gasteiger partial charge in [-0.1, -0.05) is 49.3 Å². The number of piperazine rings is 1. The van der Waals surface area contributed by atoms with Gasteiger partial charge in [0.2, 0.25) is 5.91 Å². The summed E-state index contributed by atoms with van der Waals surface area (Å²) in [6.45, 7) is 6.77. The molecule has 1 atom stereocenters. The average molecular weight is 435 g/mol. The second-order valence-electron chi connectivity index (χ2n) is 7.06. The number of carbonyl (C=O) groups excluding carboxylic acids is 1. The number of aromatic nitrogens is 2. The summed E-state index contributed by atoms with van der Waals surface area (Å²) in [4.78, 5) is 34.0. The molecule has 1 fully saturated rings. The van der Waals surface area contributed by atoms with Gasteiger partial charge in [-0.3, -0.25) is 14.2 Å². The predicted molar refractivity (Wildman–Crippen MR) is 119 cm³/mol. The highest BCUT2D eigenvalue weighted by Gasteiger charge is 2.28. The fraction of sp³-hybridized carbons (Fsp3) is 0.476. The van der Waals surface area contributed by atoms with E-state index in [1.54, 1.807) is 13.1 Å². The van der Waals surface area contributed by atoms with Gasteiger partial charge >= 0.3 is 0 Å². The zero-order chi connectivity index (χ0) is 21.0. The van der Waals surface area contributed by atoms with Crippen molar-refractivity contribution in [1.29, 1.82) is 0 Å². The van der Waals surface area contributed by atoms with Crippen molar-refractivity contribution >= 4 is 35.0 Å². The summed E-state index contributed by atoms with van der Waals surface area (Å²) in [6.07, 6.45) is 1.37. The Balaban J connectivity index is 1.67. The second-order valence-corrected chi connectivity index (χ2v) is 8.64. The van der Waals surface area contributed by atoms with Crippen molar-refractivity contribution in [3.05, 3.63) is 51.4 Å². The molecule has 1 saturated heterocycles. The van der Waals surface area contributed by atoms with Gasteiger partial charge in [-0.25, -0.2) is 4.98 Å². The van der Waals surface area contributed by atoms with E-state index in [1.807, 2.05) is 43.0 Å². The van der Waals surface area contributed by atoms with Gasteiger partial charge in [0.15, 0.2) is 5.16 Å². The third-order valence-electron chi connectivity index (χ3n) is 5.19. The van der Waals surface area contributed by atoms with Crippen molar-refractivity contribution in [2.45, 2.75) is 37.1 Å². The Bertz CT molecular complexity index is 925. The number of amides is 1. The number of benzene rings is 1. The molecule has 6 nitrogen and oxygen atoms in total. The Labute approximate surface area is 180 Å². The molecule has 0 N–H and O–H groups in total. The summed E-state index contributed by atoms with van der Waals surface area (Å²) in [7, 11) is 1.71. The Hall–Kier alpha value is -1.99. The number of hydrogen-bond donors (Lipinski definition) is 0. The first-order valence-electron chi connectivity index (χ1n) is 9.96. The molecule has 1 aliphatic heterocycles. The Kier molecular flexibility index (Phi) is 7.24. The highest BCUT2D eigenvalue weighted by Crippen LogP contribution is 2.28. The van der Waals surface area contributed by atoms with Crippen molar-refractivity contribution in [3.63, 3.8) is 0 Å². The van der Waals surface area contributed by atoms with Crippen LogP contribution in [0.4, 0.5) is 5.69 Å². The molecule has 2 aromatic rings. The highest BCUT2D eigenvalue weighted by molar-refractivity contribution is 8.00. The minimum atomic E-state index is -0.257. The van der Waals surface area contributed by atoms with Crippen LogP contribution in [-0.2, 0) is 18.3 Å². The van der Waals surface area contributed by atoms with Crippen molar-refractivity contribution < 1.29 is 4.79 Å². The van der Waals surface area contributed by atoms with Gasteiger partial charge in [-0.05, 0) is 25.0 Å². The zero-order valence-corrected chi connectivity index (χ0v) is 18.7. The molecule has 0 saturated carbocycles. The monoisotopic (exact) mass is 434 g/mol. The van der Waals surface area contributed by atoms with Crippen LogP contribution in [0.1, 0.15) is 26.0 Å². The van der Waals surface area contributed by atoms with Crippen LogP contribution in [-0.4, -0.2) is 51.8 Å². The molecule has 1 amide bonds. The smallest absolute Gasteiger partial charge is 0.254 e. The Morgan fingerprint density at radius 3 is 2.52 bits per heavy atom. The third-order valence-corrected chi connectivity index (χ3v) is 6.90. The minimum Gasteiger partial charge on any atom is -0.367 e. The molecular weight excluding hydrogens is 408 g/mol. The third kappa shape index (κ3) is 4.95. The number of anilines is 1. The van der Waals surface area contributed by atoms with E-state index in [1.165, 1.54) is 16.3 Å². The molecule has 8 heteroatoms. The quantitative estimate of drug-likeness (QED) is 0.516. The Morgan fingerprint density at radius 2 is 1.90 bits per heavy atom. The number of nitrogens with zero attached hydrogens (tertiary/aromatic N) is 4. The molecule has 3 rings (SSSR count). The first-order chi connectivity index (χ1) is 13.9. The van der Waals surface area contributed by atoms with E-state index < -0.39 is 0 Å². The zero-order valence-electron chi connectivity index (χ0n) is 17.1. The molecule has 1 aliphatic rings. The molecule has 0 aliphatic carbocycles.